The topological polar surface area (TPSA) is 100 Å². The largest absolute Gasteiger partial charge is 0.494 e. The van der Waals surface area contributed by atoms with Crippen LogP contribution < -0.4 is 9.30 Å². The quantitative estimate of drug-likeness (QED) is 0.451. The Bertz CT molecular complexity index is 1020. The monoisotopic (exact) mass is 497 g/mol. The number of alkyl halides is 6. The number of rotatable bonds is 6. The average Bonchev–Trinajstić information content (AvgIpc) is 3.09. The minimum Gasteiger partial charge on any atom is -0.494 e. The maximum atomic E-state index is 11.4. The van der Waals surface area contributed by atoms with Gasteiger partial charge < -0.3 is 8.86 Å². The summed E-state index contributed by atoms with van der Waals surface area (Å²) < 4.78 is 119. The molecule has 16 heteroatoms. The maximum Gasteiger partial charge on any atom is 0.480 e. The van der Waals surface area contributed by atoms with Crippen LogP contribution in [0.2, 0.25) is 0 Å². The fraction of sp³-hybridized carbons (Fsp3) is 0.400. The van der Waals surface area contributed by atoms with Crippen molar-refractivity contribution in [3.05, 3.63) is 47.1 Å². The molecule has 0 amide bonds. The first-order valence-electron chi connectivity index (χ1n) is 8.21. The van der Waals surface area contributed by atoms with E-state index in [0.717, 1.165) is 22.1 Å². The first-order chi connectivity index (χ1) is 14.0. The number of sulfonamides is 2. The van der Waals surface area contributed by atoms with Crippen LogP contribution in [0, 0.1) is 0 Å². The molecule has 0 saturated carbocycles. The fourth-order valence-corrected chi connectivity index (χ4v) is 3.54. The predicted molar refractivity (Wildman–Crippen MR) is 96.1 cm³/mol. The first kappa shape index (κ1) is 26.7. The van der Waals surface area contributed by atoms with Crippen LogP contribution in [0.25, 0.3) is 9.81 Å². The van der Waals surface area contributed by atoms with E-state index >= 15 is 0 Å². The third-order valence-electron chi connectivity index (χ3n) is 3.28. The molecule has 2 rings (SSSR count). The molecule has 0 aliphatic heterocycles. The highest BCUT2D eigenvalue weighted by Crippen LogP contribution is 2.36. The van der Waals surface area contributed by atoms with Gasteiger partial charge in [0.2, 0.25) is 6.33 Å². The minimum absolute atomic E-state index is 0.707. The lowest BCUT2D eigenvalue weighted by Gasteiger charge is -2.22. The molecule has 0 radical (unpaired) electrons. The molecule has 0 unspecified atom stereocenters. The molecule has 0 N–H and O–H groups in total. The van der Waals surface area contributed by atoms with E-state index in [2.05, 4.69) is 46.9 Å². The van der Waals surface area contributed by atoms with Gasteiger partial charge in [-0.25, -0.2) is 26.0 Å². The lowest BCUT2D eigenvalue weighted by atomic mass is 10.3. The van der Waals surface area contributed by atoms with E-state index in [-0.39, 0.29) is 0 Å². The summed E-state index contributed by atoms with van der Waals surface area (Å²) in [4.78, 5) is 0. The molecule has 31 heavy (non-hydrogen) atoms. The van der Waals surface area contributed by atoms with Gasteiger partial charge in [-0.1, -0.05) is 0 Å². The molecule has 1 heterocycles. The maximum absolute atomic E-state index is 11.4. The molecule has 176 valence electrons. The molecule has 2 aromatic rings. The summed E-state index contributed by atoms with van der Waals surface area (Å²) in [5.74, 6) is 0.918. The molecule has 0 bridgehead atoms. The Labute approximate surface area is 174 Å². The summed E-state index contributed by atoms with van der Waals surface area (Å²) in [7, 11) is -13.4. The van der Waals surface area contributed by atoms with Crippen molar-refractivity contribution in [1.29, 1.82) is 0 Å². The number of benzene rings is 1. The van der Waals surface area contributed by atoms with Crippen LogP contribution in [0.15, 0.2) is 43.0 Å². The van der Waals surface area contributed by atoms with Gasteiger partial charge >= 0.3 is 11.0 Å². The molecule has 0 atom stereocenters. The zero-order chi connectivity index (χ0) is 24.1. The molecule has 0 aliphatic carbocycles. The Hall–Kier alpha value is -2.33. The summed E-state index contributed by atoms with van der Waals surface area (Å²) in [6.07, 6.45) is 6.20. The number of hydrogen-bond donors (Lipinski definition) is 0. The second-order valence-electron chi connectivity index (χ2n) is 5.49. The number of aromatic nitrogens is 2. The molecule has 0 aliphatic rings. The summed E-state index contributed by atoms with van der Waals surface area (Å²) in [6, 6.07) is 8.11. The van der Waals surface area contributed by atoms with Crippen molar-refractivity contribution < 1.29 is 52.5 Å². The van der Waals surface area contributed by atoms with E-state index in [1.807, 2.05) is 19.1 Å². The van der Waals surface area contributed by atoms with Gasteiger partial charge in [-0.3, -0.25) is 0 Å². The highest BCUT2D eigenvalue weighted by Gasteiger charge is 2.46. The van der Waals surface area contributed by atoms with Crippen LogP contribution in [0.1, 0.15) is 13.8 Å². The van der Waals surface area contributed by atoms with Crippen molar-refractivity contribution in [3.8, 4) is 11.4 Å². The van der Waals surface area contributed by atoms with Gasteiger partial charge in [0.15, 0.2) is 20.0 Å². The van der Waals surface area contributed by atoms with E-state index in [9.17, 15) is 43.2 Å². The van der Waals surface area contributed by atoms with Crippen molar-refractivity contribution in [2.75, 3.05) is 6.61 Å². The van der Waals surface area contributed by atoms with Gasteiger partial charge in [0.05, 0.1) is 13.2 Å². The Morgan fingerprint density at radius 3 is 1.77 bits per heavy atom. The zero-order valence-corrected chi connectivity index (χ0v) is 17.6. The van der Waals surface area contributed by atoms with E-state index in [0.29, 0.717) is 6.61 Å². The lowest BCUT2D eigenvalue weighted by Crippen LogP contribution is -2.30. The minimum atomic E-state index is -6.72. The Balaban J connectivity index is 0.000000311. The van der Waals surface area contributed by atoms with Crippen LogP contribution >= 0.6 is 0 Å². The van der Waals surface area contributed by atoms with Crippen LogP contribution in [0.5, 0.6) is 5.75 Å². The molecular formula is C15H17F6N3O5S2. The van der Waals surface area contributed by atoms with E-state index < -0.39 is 31.1 Å². The van der Waals surface area contributed by atoms with Gasteiger partial charge in [-0.05, 0) is 38.1 Å². The molecule has 8 nitrogen and oxygen atoms in total. The Kier molecular flexibility index (Phi) is 8.50. The van der Waals surface area contributed by atoms with Crippen molar-refractivity contribution >= 4 is 20.0 Å². The first-order valence-corrected chi connectivity index (χ1v) is 11.1. The second kappa shape index (κ2) is 9.86. The van der Waals surface area contributed by atoms with Crippen molar-refractivity contribution in [2.45, 2.75) is 31.4 Å². The van der Waals surface area contributed by atoms with Crippen LogP contribution in [0.3, 0.4) is 0 Å². The third-order valence-corrected chi connectivity index (χ3v) is 6.02. The van der Waals surface area contributed by atoms with E-state index in [4.69, 9.17) is 4.74 Å². The lowest BCUT2D eigenvalue weighted by molar-refractivity contribution is -0.692. The fourth-order valence-electron chi connectivity index (χ4n) is 1.83. The average molecular weight is 497 g/mol. The molecule has 1 aromatic carbocycles. The number of nitrogens with zero attached hydrogens (tertiary/aromatic N) is 3. The SMILES string of the molecule is CCOc1ccc(-n2cc[n+](CC)c2)cc1.O=S(=O)([N-]S(=O)(=O)C(F)(F)F)C(F)(F)F. The van der Waals surface area contributed by atoms with E-state index in [1.165, 1.54) is 0 Å². The van der Waals surface area contributed by atoms with Crippen LogP contribution in [-0.4, -0.2) is 39.0 Å². The number of imidazole rings is 1. The van der Waals surface area contributed by atoms with Crippen molar-refractivity contribution in [3.63, 3.8) is 0 Å². The number of ether oxygens (including phenoxy) is 1. The number of hydrogen-bond acceptors (Lipinski definition) is 5. The Morgan fingerprint density at radius 1 is 0.935 bits per heavy atom. The van der Waals surface area contributed by atoms with Gasteiger partial charge in [0.1, 0.15) is 23.8 Å². The summed E-state index contributed by atoms with van der Waals surface area (Å²) in [6.45, 7) is 5.81. The van der Waals surface area contributed by atoms with Crippen LogP contribution in [0.4, 0.5) is 26.3 Å². The Morgan fingerprint density at radius 2 is 1.42 bits per heavy atom. The normalized spacial score (nSPS) is 12.8. The summed E-state index contributed by atoms with van der Waals surface area (Å²) in [5, 5.41) is 0. The number of aryl methyl sites for hydroxylation is 1. The van der Waals surface area contributed by atoms with Gasteiger partial charge in [-0.15, -0.1) is 0 Å². The number of halogens is 6. The zero-order valence-electron chi connectivity index (χ0n) is 15.9. The molecule has 0 spiro atoms. The summed E-state index contributed by atoms with van der Waals surface area (Å²) >= 11 is 0. The standard InChI is InChI=1S/C13H17N2O.C2F6NO4S2/c1-3-14-9-10-15(11-14)12-5-7-13(8-6-12)16-4-2;3-1(4,5)14(10,11)9-15(12,13)2(6,7)8/h5-11H,3-4H2,1-2H3;/q+1;-1. The van der Waals surface area contributed by atoms with Crippen LogP contribution in [-0.2, 0) is 26.6 Å². The van der Waals surface area contributed by atoms with E-state index in [1.54, 1.807) is 0 Å². The van der Waals surface area contributed by atoms with Gasteiger partial charge in [0.25, 0.3) is 0 Å². The molecule has 1 aromatic heterocycles. The molecule has 0 saturated heterocycles. The third kappa shape index (κ3) is 7.39. The van der Waals surface area contributed by atoms with Gasteiger partial charge in [-0.2, -0.15) is 26.3 Å². The smallest absolute Gasteiger partial charge is 0.480 e. The van der Waals surface area contributed by atoms with Crippen molar-refractivity contribution in [2.24, 2.45) is 0 Å². The second-order valence-corrected chi connectivity index (χ2v) is 8.92. The summed E-state index contributed by atoms with van der Waals surface area (Å²) in [5.41, 5.74) is -11.3. The van der Waals surface area contributed by atoms with Gasteiger partial charge in [0, 0.05) is 0 Å². The van der Waals surface area contributed by atoms with Crippen molar-refractivity contribution in [1.82, 2.24) is 4.57 Å². The highest BCUT2D eigenvalue weighted by atomic mass is 32.3. The highest BCUT2D eigenvalue weighted by molar-refractivity contribution is 8.13. The molecular weight excluding hydrogens is 480 g/mol. The predicted octanol–water partition coefficient (Wildman–Crippen LogP) is 3.24. The molecule has 0 fully saturated rings.